The van der Waals surface area contributed by atoms with Gasteiger partial charge in [0.25, 0.3) is 0 Å². The summed E-state index contributed by atoms with van der Waals surface area (Å²) in [6.45, 7) is 5.29. The molecule has 0 saturated carbocycles. The molecule has 5 nitrogen and oxygen atoms in total. The number of aromatic nitrogens is 2. The minimum atomic E-state index is 0.0467. The van der Waals surface area contributed by atoms with Gasteiger partial charge in [0.2, 0.25) is 5.91 Å². The highest BCUT2D eigenvalue weighted by atomic mass is 16.5. The zero-order valence-electron chi connectivity index (χ0n) is 16.7. The van der Waals surface area contributed by atoms with E-state index in [0.29, 0.717) is 19.4 Å². The molecule has 2 aromatic carbocycles. The Bertz CT molecular complexity index is 915. The molecule has 3 rings (SSSR count). The normalized spacial score (nSPS) is 10.7. The maximum Gasteiger partial charge on any atom is 0.220 e. The van der Waals surface area contributed by atoms with Gasteiger partial charge in [-0.15, -0.1) is 0 Å². The summed E-state index contributed by atoms with van der Waals surface area (Å²) < 4.78 is 7.16. The third-order valence-electron chi connectivity index (χ3n) is 4.97. The SMILES string of the molecule is COc1ccc(CCC(=O)NCc2c(C)nn(Cc3ccccc3)c2C)cc1. The van der Waals surface area contributed by atoms with E-state index < -0.39 is 0 Å². The highest BCUT2D eigenvalue weighted by molar-refractivity contribution is 5.76. The molecular weight excluding hydrogens is 350 g/mol. The number of nitrogens with zero attached hydrogens (tertiary/aromatic N) is 2. The molecule has 1 heterocycles. The van der Waals surface area contributed by atoms with Crippen LogP contribution in [0, 0.1) is 13.8 Å². The van der Waals surface area contributed by atoms with Crippen molar-refractivity contribution in [3.63, 3.8) is 0 Å². The number of amides is 1. The second kappa shape index (κ2) is 9.22. The molecule has 0 unspecified atom stereocenters. The summed E-state index contributed by atoms with van der Waals surface area (Å²) in [5.74, 6) is 0.872. The van der Waals surface area contributed by atoms with E-state index in [9.17, 15) is 4.79 Å². The van der Waals surface area contributed by atoms with Crippen LogP contribution in [0.3, 0.4) is 0 Å². The summed E-state index contributed by atoms with van der Waals surface area (Å²) in [6.07, 6.45) is 1.17. The Hall–Kier alpha value is -3.08. The molecule has 0 atom stereocenters. The Kier molecular flexibility index (Phi) is 6.48. The number of aryl methyl sites for hydroxylation is 2. The van der Waals surface area contributed by atoms with Crippen molar-refractivity contribution >= 4 is 5.91 Å². The van der Waals surface area contributed by atoms with Crippen molar-refractivity contribution in [1.82, 2.24) is 15.1 Å². The molecule has 146 valence electrons. The van der Waals surface area contributed by atoms with Gasteiger partial charge in [0, 0.05) is 24.2 Å². The Morgan fingerprint density at radius 3 is 2.43 bits per heavy atom. The summed E-state index contributed by atoms with van der Waals surface area (Å²) in [5.41, 5.74) is 5.48. The average Bonchev–Trinajstić information content (AvgIpc) is 2.98. The zero-order valence-corrected chi connectivity index (χ0v) is 16.7. The van der Waals surface area contributed by atoms with Gasteiger partial charge in [-0.3, -0.25) is 9.48 Å². The van der Waals surface area contributed by atoms with Crippen molar-refractivity contribution in [3.05, 3.63) is 82.7 Å². The van der Waals surface area contributed by atoms with Crippen LogP contribution in [0.15, 0.2) is 54.6 Å². The van der Waals surface area contributed by atoms with Crippen molar-refractivity contribution in [3.8, 4) is 5.75 Å². The number of benzene rings is 2. The number of carbonyl (C=O) groups is 1. The number of methoxy groups -OCH3 is 1. The maximum absolute atomic E-state index is 12.3. The fraction of sp³-hybridized carbons (Fsp3) is 0.304. The maximum atomic E-state index is 12.3. The molecule has 0 spiro atoms. The predicted octanol–water partition coefficient (Wildman–Crippen LogP) is 3.81. The van der Waals surface area contributed by atoms with Gasteiger partial charge in [-0.1, -0.05) is 42.5 Å². The topological polar surface area (TPSA) is 56.1 Å². The third-order valence-corrected chi connectivity index (χ3v) is 4.97. The van der Waals surface area contributed by atoms with E-state index in [0.717, 1.165) is 34.8 Å². The highest BCUT2D eigenvalue weighted by Crippen LogP contribution is 2.15. The third kappa shape index (κ3) is 5.00. The molecule has 0 fully saturated rings. The van der Waals surface area contributed by atoms with Crippen molar-refractivity contribution in [2.75, 3.05) is 7.11 Å². The molecule has 0 aliphatic carbocycles. The number of carbonyl (C=O) groups excluding carboxylic acids is 1. The summed E-state index contributed by atoms with van der Waals surface area (Å²) >= 11 is 0. The lowest BCUT2D eigenvalue weighted by Gasteiger charge is -2.08. The van der Waals surface area contributed by atoms with Crippen LogP contribution in [0.2, 0.25) is 0 Å². The van der Waals surface area contributed by atoms with Gasteiger partial charge in [-0.25, -0.2) is 0 Å². The average molecular weight is 377 g/mol. The van der Waals surface area contributed by atoms with Crippen molar-refractivity contribution in [2.45, 2.75) is 39.8 Å². The Morgan fingerprint density at radius 1 is 1.04 bits per heavy atom. The lowest BCUT2D eigenvalue weighted by atomic mass is 10.1. The smallest absolute Gasteiger partial charge is 0.220 e. The van der Waals surface area contributed by atoms with Crippen LogP contribution in [-0.4, -0.2) is 22.8 Å². The first kappa shape index (κ1) is 19.7. The zero-order chi connectivity index (χ0) is 19.9. The largest absolute Gasteiger partial charge is 0.497 e. The first-order chi connectivity index (χ1) is 13.6. The minimum absolute atomic E-state index is 0.0467. The van der Waals surface area contributed by atoms with E-state index in [1.807, 2.05) is 54.1 Å². The summed E-state index contributed by atoms with van der Waals surface area (Å²) in [6, 6.07) is 18.1. The molecule has 28 heavy (non-hydrogen) atoms. The summed E-state index contributed by atoms with van der Waals surface area (Å²) in [7, 11) is 1.65. The predicted molar refractivity (Wildman–Crippen MR) is 110 cm³/mol. The Labute approximate surface area is 166 Å². The number of hydrogen-bond donors (Lipinski definition) is 1. The van der Waals surface area contributed by atoms with Crippen molar-refractivity contribution in [2.24, 2.45) is 0 Å². The second-order valence-electron chi connectivity index (χ2n) is 6.92. The number of nitrogens with one attached hydrogen (secondary N) is 1. The van der Waals surface area contributed by atoms with Crippen LogP contribution in [0.5, 0.6) is 5.75 Å². The molecular formula is C23H27N3O2. The van der Waals surface area contributed by atoms with E-state index in [4.69, 9.17) is 4.74 Å². The first-order valence-corrected chi connectivity index (χ1v) is 9.53. The quantitative estimate of drug-likeness (QED) is 0.649. The molecule has 1 aromatic heterocycles. The Morgan fingerprint density at radius 2 is 1.75 bits per heavy atom. The van der Waals surface area contributed by atoms with Gasteiger partial charge >= 0.3 is 0 Å². The first-order valence-electron chi connectivity index (χ1n) is 9.53. The number of rotatable bonds is 8. The molecule has 3 aromatic rings. The van der Waals surface area contributed by atoms with Crippen LogP contribution in [0.25, 0.3) is 0 Å². The van der Waals surface area contributed by atoms with Gasteiger partial charge in [-0.05, 0) is 43.5 Å². The van der Waals surface area contributed by atoms with E-state index in [1.54, 1.807) is 7.11 Å². The van der Waals surface area contributed by atoms with Gasteiger partial charge in [0.15, 0.2) is 0 Å². The van der Waals surface area contributed by atoms with Crippen LogP contribution in [0.1, 0.15) is 34.5 Å². The molecule has 0 bridgehead atoms. The van der Waals surface area contributed by atoms with Crippen molar-refractivity contribution in [1.29, 1.82) is 0 Å². The van der Waals surface area contributed by atoms with Gasteiger partial charge < -0.3 is 10.1 Å². The van der Waals surface area contributed by atoms with Crippen LogP contribution >= 0.6 is 0 Å². The lowest BCUT2D eigenvalue weighted by Crippen LogP contribution is -2.23. The standard InChI is InChI=1S/C23H27N3O2/c1-17-22(18(2)26(25-17)16-20-7-5-4-6-8-20)15-24-23(27)14-11-19-9-12-21(28-3)13-10-19/h4-10,12-13H,11,14-16H2,1-3H3,(H,24,27). The van der Waals surface area contributed by atoms with E-state index in [-0.39, 0.29) is 5.91 Å². The second-order valence-corrected chi connectivity index (χ2v) is 6.92. The fourth-order valence-corrected chi connectivity index (χ4v) is 3.23. The van der Waals surface area contributed by atoms with Crippen LogP contribution in [-0.2, 0) is 24.3 Å². The van der Waals surface area contributed by atoms with Gasteiger partial charge in [-0.2, -0.15) is 5.10 Å². The van der Waals surface area contributed by atoms with Crippen LogP contribution in [0.4, 0.5) is 0 Å². The van der Waals surface area contributed by atoms with Crippen LogP contribution < -0.4 is 10.1 Å². The monoisotopic (exact) mass is 377 g/mol. The van der Waals surface area contributed by atoms with Gasteiger partial charge in [0.1, 0.15) is 5.75 Å². The van der Waals surface area contributed by atoms with Gasteiger partial charge in [0.05, 0.1) is 19.3 Å². The molecule has 0 radical (unpaired) electrons. The number of ether oxygens (including phenoxy) is 1. The molecule has 5 heteroatoms. The molecule has 0 aliphatic rings. The summed E-state index contributed by atoms with van der Waals surface area (Å²) in [4.78, 5) is 12.3. The molecule has 0 saturated heterocycles. The molecule has 1 amide bonds. The highest BCUT2D eigenvalue weighted by Gasteiger charge is 2.13. The van der Waals surface area contributed by atoms with Crippen molar-refractivity contribution < 1.29 is 9.53 Å². The molecule has 1 N–H and O–H groups in total. The van der Waals surface area contributed by atoms with E-state index >= 15 is 0 Å². The van der Waals surface area contributed by atoms with E-state index in [2.05, 4.69) is 29.5 Å². The fourth-order valence-electron chi connectivity index (χ4n) is 3.23. The molecule has 0 aliphatic heterocycles. The number of hydrogen-bond acceptors (Lipinski definition) is 3. The summed E-state index contributed by atoms with van der Waals surface area (Å²) in [5, 5.41) is 7.68. The lowest BCUT2D eigenvalue weighted by molar-refractivity contribution is -0.121. The Balaban J connectivity index is 1.54. The van der Waals surface area contributed by atoms with E-state index in [1.165, 1.54) is 5.56 Å². The minimum Gasteiger partial charge on any atom is -0.497 e.